The largest absolute Gasteiger partial charge is 0.448 e. The Balaban J connectivity index is 3.10. The van der Waals surface area contributed by atoms with E-state index in [1.807, 2.05) is 0 Å². The monoisotopic (exact) mass is 203 g/mol. The minimum absolute atomic E-state index is 0.129. The van der Waals surface area contributed by atoms with Crippen LogP contribution >= 0.6 is 0 Å². The normalized spacial score (nSPS) is 10.1. The SMILES string of the molecule is CCCCCCCC(=O)OCNOC. The van der Waals surface area contributed by atoms with E-state index in [0.29, 0.717) is 6.42 Å². The van der Waals surface area contributed by atoms with Crippen LogP contribution in [-0.2, 0) is 14.4 Å². The van der Waals surface area contributed by atoms with Gasteiger partial charge in [-0.25, -0.2) is 0 Å². The highest BCUT2D eigenvalue weighted by Crippen LogP contribution is 2.05. The summed E-state index contributed by atoms with van der Waals surface area (Å²) < 4.78 is 4.81. The molecule has 0 spiro atoms. The second-order valence-electron chi connectivity index (χ2n) is 3.17. The van der Waals surface area contributed by atoms with E-state index < -0.39 is 0 Å². The van der Waals surface area contributed by atoms with Crippen molar-refractivity contribution in [3.8, 4) is 0 Å². The summed E-state index contributed by atoms with van der Waals surface area (Å²) in [5.74, 6) is -0.161. The molecule has 0 fully saturated rings. The van der Waals surface area contributed by atoms with E-state index in [1.165, 1.54) is 26.4 Å². The highest BCUT2D eigenvalue weighted by molar-refractivity contribution is 5.69. The Morgan fingerprint density at radius 3 is 2.57 bits per heavy atom. The van der Waals surface area contributed by atoms with Gasteiger partial charge in [-0.1, -0.05) is 32.6 Å². The second-order valence-corrected chi connectivity index (χ2v) is 3.17. The van der Waals surface area contributed by atoms with E-state index in [1.54, 1.807) is 0 Å². The predicted molar refractivity (Wildman–Crippen MR) is 54.5 cm³/mol. The lowest BCUT2D eigenvalue weighted by atomic mass is 10.1. The van der Waals surface area contributed by atoms with Crippen LogP contribution in [0.5, 0.6) is 0 Å². The predicted octanol–water partition coefficient (Wildman–Crippen LogP) is 2.00. The van der Waals surface area contributed by atoms with Crippen molar-refractivity contribution in [1.29, 1.82) is 0 Å². The molecular formula is C10H21NO3. The first-order valence-corrected chi connectivity index (χ1v) is 5.22. The van der Waals surface area contributed by atoms with E-state index in [9.17, 15) is 4.79 Å². The molecule has 0 unspecified atom stereocenters. The van der Waals surface area contributed by atoms with Gasteiger partial charge in [0.2, 0.25) is 0 Å². The Morgan fingerprint density at radius 1 is 1.21 bits per heavy atom. The molecule has 0 bridgehead atoms. The molecule has 0 rings (SSSR count). The number of hydroxylamine groups is 1. The van der Waals surface area contributed by atoms with Gasteiger partial charge in [0, 0.05) is 6.42 Å². The van der Waals surface area contributed by atoms with Gasteiger partial charge in [-0.05, 0) is 6.42 Å². The molecule has 0 aromatic heterocycles. The summed E-state index contributed by atoms with van der Waals surface area (Å²) >= 11 is 0. The molecule has 0 aromatic rings. The number of esters is 1. The van der Waals surface area contributed by atoms with Crippen molar-refractivity contribution in [2.75, 3.05) is 13.8 Å². The van der Waals surface area contributed by atoms with Crippen molar-refractivity contribution in [1.82, 2.24) is 5.48 Å². The van der Waals surface area contributed by atoms with Crippen LogP contribution in [0, 0.1) is 0 Å². The first-order chi connectivity index (χ1) is 6.81. The Hall–Kier alpha value is -0.610. The zero-order valence-electron chi connectivity index (χ0n) is 9.17. The lowest BCUT2D eigenvalue weighted by Gasteiger charge is -2.04. The zero-order valence-corrected chi connectivity index (χ0v) is 9.17. The van der Waals surface area contributed by atoms with Crippen LogP contribution in [0.25, 0.3) is 0 Å². The fourth-order valence-electron chi connectivity index (χ4n) is 1.11. The number of hydrogen-bond donors (Lipinski definition) is 1. The summed E-state index contributed by atoms with van der Waals surface area (Å²) in [6.45, 7) is 2.30. The van der Waals surface area contributed by atoms with E-state index in [-0.39, 0.29) is 12.7 Å². The fraction of sp³-hybridized carbons (Fsp3) is 0.900. The maximum absolute atomic E-state index is 11.0. The molecule has 1 N–H and O–H groups in total. The summed E-state index contributed by atoms with van der Waals surface area (Å²) in [7, 11) is 1.48. The smallest absolute Gasteiger partial charge is 0.307 e. The van der Waals surface area contributed by atoms with E-state index in [0.717, 1.165) is 12.8 Å². The van der Waals surface area contributed by atoms with Gasteiger partial charge < -0.3 is 9.57 Å². The van der Waals surface area contributed by atoms with Gasteiger partial charge in [0.1, 0.15) is 0 Å². The van der Waals surface area contributed by atoms with Crippen molar-refractivity contribution >= 4 is 5.97 Å². The molecule has 0 saturated carbocycles. The van der Waals surface area contributed by atoms with Gasteiger partial charge in [-0.3, -0.25) is 4.79 Å². The average molecular weight is 203 g/mol. The fourth-order valence-corrected chi connectivity index (χ4v) is 1.11. The molecule has 0 aliphatic rings. The molecule has 0 amide bonds. The quantitative estimate of drug-likeness (QED) is 0.269. The van der Waals surface area contributed by atoms with Gasteiger partial charge in [0.15, 0.2) is 6.73 Å². The topological polar surface area (TPSA) is 47.6 Å². The molecule has 14 heavy (non-hydrogen) atoms. The maximum Gasteiger partial charge on any atom is 0.307 e. The van der Waals surface area contributed by atoms with Crippen LogP contribution in [0.1, 0.15) is 45.4 Å². The van der Waals surface area contributed by atoms with Gasteiger partial charge in [-0.2, -0.15) is 5.48 Å². The molecule has 0 atom stereocenters. The molecule has 0 aliphatic carbocycles. The number of carbonyl (C=O) groups excluding carboxylic acids is 1. The van der Waals surface area contributed by atoms with Crippen LogP contribution in [0.2, 0.25) is 0 Å². The molecule has 0 heterocycles. The summed E-state index contributed by atoms with van der Waals surface area (Å²) in [4.78, 5) is 15.6. The first-order valence-electron chi connectivity index (χ1n) is 5.22. The minimum atomic E-state index is -0.161. The lowest BCUT2D eigenvalue weighted by molar-refractivity contribution is -0.148. The summed E-state index contributed by atoms with van der Waals surface area (Å²) in [6, 6.07) is 0. The summed E-state index contributed by atoms with van der Waals surface area (Å²) in [5.41, 5.74) is 2.45. The Labute approximate surface area is 85.9 Å². The first kappa shape index (κ1) is 13.4. The number of ether oxygens (including phenoxy) is 1. The van der Waals surface area contributed by atoms with Crippen LogP contribution < -0.4 is 5.48 Å². The van der Waals surface area contributed by atoms with Gasteiger partial charge in [0.05, 0.1) is 7.11 Å². The third-order valence-corrected chi connectivity index (χ3v) is 1.92. The number of hydrogen-bond acceptors (Lipinski definition) is 4. The van der Waals surface area contributed by atoms with Crippen molar-refractivity contribution in [3.63, 3.8) is 0 Å². The van der Waals surface area contributed by atoms with Crippen molar-refractivity contribution in [2.24, 2.45) is 0 Å². The van der Waals surface area contributed by atoms with Crippen molar-refractivity contribution < 1.29 is 14.4 Å². The van der Waals surface area contributed by atoms with Crippen LogP contribution in [-0.4, -0.2) is 19.8 Å². The second kappa shape index (κ2) is 10.5. The standard InChI is InChI=1S/C10H21NO3/c1-3-4-5-6-7-8-10(12)14-9-11-13-2/h11H,3-9H2,1-2H3. The maximum atomic E-state index is 11.0. The minimum Gasteiger partial charge on any atom is -0.448 e. The highest BCUT2D eigenvalue weighted by atomic mass is 16.7. The van der Waals surface area contributed by atoms with Gasteiger partial charge >= 0.3 is 5.97 Å². The van der Waals surface area contributed by atoms with Crippen LogP contribution in [0.4, 0.5) is 0 Å². The third kappa shape index (κ3) is 9.48. The van der Waals surface area contributed by atoms with Gasteiger partial charge in [-0.15, -0.1) is 0 Å². The molecule has 0 saturated heterocycles. The molecule has 84 valence electrons. The molecule has 4 heteroatoms. The Bertz CT molecular complexity index is 139. The van der Waals surface area contributed by atoms with Gasteiger partial charge in [0.25, 0.3) is 0 Å². The molecular weight excluding hydrogens is 182 g/mol. The lowest BCUT2D eigenvalue weighted by Crippen LogP contribution is -2.19. The summed E-state index contributed by atoms with van der Waals surface area (Å²) in [6.07, 6.45) is 6.23. The molecule has 0 radical (unpaired) electrons. The Kier molecular flexibility index (Phi) is 10.0. The van der Waals surface area contributed by atoms with Crippen LogP contribution in [0.15, 0.2) is 0 Å². The zero-order chi connectivity index (χ0) is 10.6. The van der Waals surface area contributed by atoms with E-state index >= 15 is 0 Å². The third-order valence-electron chi connectivity index (χ3n) is 1.92. The van der Waals surface area contributed by atoms with Crippen molar-refractivity contribution in [2.45, 2.75) is 45.4 Å². The molecule has 0 aromatic carbocycles. The Morgan fingerprint density at radius 2 is 1.93 bits per heavy atom. The van der Waals surface area contributed by atoms with E-state index in [2.05, 4.69) is 17.2 Å². The summed E-state index contributed by atoms with van der Waals surface area (Å²) in [5, 5.41) is 0. The number of carbonyl (C=O) groups is 1. The average Bonchev–Trinajstić information content (AvgIpc) is 2.18. The number of rotatable bonds is 9. The highest BCUT2D eigenvalue weighted by Gasteiger charge is 2.01. The number of nitrogens with one attached hydrogen (secondary N) is 1. The number of unbranched alkanes of at least 4 members (excludes halogenated alkanes) is 4. The van der Waals surface area contributed by atoms with E-state index in [4.69, 9.17) is 4.74 Å². The molecule has 0 aliphatic heterocycles. The van der Waals surface area contributed by atoms with Crippen molar-refractivity contribution in [3.05, 3.63) is 0 Å². The van der Waals surface area contributed by atoms with Crippen LogP contribution in [0.3, 0.4) is 0 Å². The molecule has 4 nitrogen and oxygen atoms in total.